The van der Waals surface area contributed by atoms with Crippen molar-refractivity contribution in [1.29, 1.82) is 0 Å². The zero-order valence-corrected chi connectivity index (χ0v) is 19.6. The predicted molar refractivity (Wildman–Crippen MR) is 129 cm³/mol. The van der Waals surface area contributed by atoms with Crippen LogP contribution in [0.5, 0.6) is 11.5 Å². The molecule has 3 heterocycles. The first-order valence-corrected chi connectivity index (χ1v) is 11.8. The van der Waals surface area contributed by atoms with Gasteiger partial charge in [0.05, 0.1) is 5.56 Å². The topological polar surface area (TPSA) is 72.8 Å². The van der Waals surface area contributed by atoms with Crippen molar-refractivity contribution in [3.63, 3.8) is 0 Å². The number of nitrogens with one attached hydrogen (secondary N) is 1. The third-order valence-corrected chi connectivity index (χ3v) is 6.48. The normalized spacial score (nSPS) is 14.8. The molecule has 34 heavy (non-hydrogen) atoms. The van der Waals surface area contributed by atoms with Gasteiger partial charge in [0, 0.05) is 48.3 Å². The fraction of sp³-hybridized carbons (Fsp3) is 0.333. The summed E-state index contributed by atoms with van der Waals surface area (Å²) in [4.78, 5) is 27.6. The van der Waals surface area contributed by atoms with E-state index in [9.17, 15) is 9.59 Å². The van der Waals surface area contributed by atoms with Crippen LogP contribution in [0.4, 0.5) is 0 Å². The van der Waals surface area contributed by atoms with Crippen molar-refractivity contribution in [2.75, 3.05) is 26.3 Å². The Hall–Kier alpha value is -3.74. The molecular formula is C27H29N3O4. The number of fused-ring (bicyclic) bond motifs is 1. The molecule has 1 aromatic heterocycles. The van der Waals surface area contributed by atoms with Crippen molar-refractivity contribution in [2.45, 2.75) is 33.2 Å². The number of rotatable bonds is 5. The van der Waals surface area contributed by atoms with E-state index in [4.69, 9.17) is 9.47 Å². The molecule has 7 nitrogen and oxygen atoms in total. The smallest absolute Gasteiger partial charge is 0.253 e. The summed E-state index contributed by atoms with van der Waals surface area (Å²) in [5.41, 5.74) is 4.93. The zero-order valence-electron chi connectivity index (χ0n) is 19.6. The first-order valence-electron chi connectivity index (χ1n) is 11.8. The van der Waals surface area contributed by atoms with E-state index < -0.39 is 0 Å². The monoisotopic (exact) mass is 459 g/mol. The van der Waals surface area contributed by atoms with E-state index in [-0.39, 0.29) is 11.8 Å². The lowest BCUT2D eigenvalue weighted by molar-refractivity contribution is 0.0792. The summed E-state index contributed by atoms with van der Waals surface area (Å²) >= 11 is 0. The van der Waals surface area contributed by atoms with Gasteiger partial charge in [-0.2, -0.15) is 0 Å². The summed E-state index contributed by atoms with van der Waals surface area (Å²) in [5.74, 6) is 1.37. The van der Waals surface area contributed by atoms with Crippen LogP contribution in [0.2, 0.25) is 0 Å². The SMILES string of the molecule is Cc1cc(C(=O)NCc2cccc(C(=O)N3CCCC3)c2)c(C)n1-c1ccc2c(c1)OCCO2. The predicted octanol–water partition coefficient (Wildman–Crippen LogP) is 4.03. The maximum absolute atomic E-state index is 13.1. The number of carbonyl (C=O) groups is 2. The Morgan fingerprint density at radius 1 is 0.941 bits per heavy atom. The van der Waals surface area contributed by atoms with Gasteiger partial charge in [-0.1, -0.05) is 12.1 Å². The van der Waals surface area contributed by atoms with Crippen LogP contribution < -0.4 is 14.8 Å². The Kier molecular flexibility index (Phi) is 6.01. The van der Waals surface area contributed by atoms with Gasteiger partial charge in [0.1, 0.15) is 13.2 Å². The standard InChI is InChI=1S/C27H29N3O4/c1-18-14-23(19(2)30(18)22-8-9-24-25(16-22)34-13-12-33-24)26(31)28-17-20-6-5-7-21(15-20)27(32)29-10-3-4-11-29/h5-9,14-16H,3-4,10-13,17H2,1-2H3,(H,28,31). The number of likely N-dealkylation sites (tertiary alicyclic amines) is 1. The Bertz CT molecular complexity index is 1240. The average molecular weight is 460 g/mol. The highest BCUT2D eigenvalue weighted by Gasteiger charge is 2.21. The molecule has 0 bridgehead atoms. The van der Waals surface area contributed by atoms with Crippen LogP contribution in [0, 0.1) is 13.8 Å². The van der Waals surface area contributed by atoms with Gasteiger partial charge in [-0.25, -0.2) is 0 Å². The van der Waals surface area contributed by atoms with Crippen molar-refractivity contribution in [2.24, 2.45) is 0 Å². The Balaban J connectivity index is 1.31. The molecule has 3 aromatic rings. The lowest BCUT2D eigenvalue weighted by atomic mass is 10.1. The van der Waals surface area contributed by atoms with Crippen molar-refractivity contribution < 1.29 is 19.1 Å². The second-order valence-electron chi connectivity index (χ2n) is 8.83. The van der Waals surface area contributed by atoms with E-state index in [1.807, 2.05) is 71.8 Å². The van der Waals surface area contributed by atoms with Crippen LogP contribution >= 0.6 is 0 Å². The number of hydrogen-bond acceptors (Lipinski definition) is 4. The van der Waals surface area contributed by atoms with E-state index in [1.165, 1.54) is 0 Å². The summed E-state index contributed by atoms with van der Waals surface area (Å²) in [6.07, 6.45) is 2.12. The Morgan fingerprint density at radius 2 is 1.71 bits per heavy atom. The highest BCUT2D eigenvalue weighted by Crippen LogP contribution is 2.33. The third-order valence-electron chi connectivity index (χ3n) is 6.48. The minimum atomic E-state index is -0.145. The van der Waals surface area contributed by atoms with Gasteiger partial charge >= 0.3 is 0 Å². The van der Waals surface area contributed by atoms with Crippen molar-refractivity contribution >= 4 is 11.8 Å². The highest BCUT2D eigenvalue weighted by atomic mass is 16.6. The van der Waals surface area contributed by atoms with E-state index in [0.717, 1.165) is 54.3 Å². The molecule has 7 heteroatoms. The van der Waals surface area contributed by atoms with Crippen LogP contribution in [-0.4, -0.2) is 47.6 Å². The molecule has 2 aliphatic rings. The second-order valence-corrected chi connectivity index (χ2v) is 8.83. The number of aromatic nitrogens is 1. The highest BCUT2D eigenvalue weighted by molar-refractivity contribution is 5.96. The molecule has 1 saturated heterocycles. The van der Waals surface area contributed by atoms with Crippen LogP contribution in [0.15, 0.2) is 48.5 Å². The largest absolute Gasteiger partial charge is 0.486 e. The molecule has 1 fully saturated rings. The molecule has 0 saturated carbocycles. The van der Waals surface area contributed by atoms with Crippen LogP contribution in [0.25, 0.3) is 5.69 Å². The molecule has 176 valence electrons. The summed E-state index contributed by atoms with van der Waals surface area (Å²) < 4.78 is 13.4. The van der Waals surface area contributed by atoms with Crippen LogP contribution in [0.3, 0.4) is 0 Å². The van der Waals surface area contributed by atoms with Gasteiger partial charge in [0.15, 0.2) is 11.5 Å². The fourth-order valence-electron chi connectivity index (χ4n) is 4.76. The van der Waals surface area contributed by atoms with Crippen LogP contribution in [-0.2, 0) is 6.54 Å². The summed E-state index contributed by atoms with van der Waals surface area (Å²) in [5, 5.41) is 3.01. The van der Waals surface area contributed by atoms with Gasteiger partial charge in [-0.15, -0.1) is 0 Å². The van der Waals surface area contributed by atoms with Gasteiger partial charge in [-0.3, -0.25) is 9.59 Å². The number of carbonyl (C=O) groups excluding carboxylic acids is 2. The van der Waals surface area contributed by atoms with Gasteiger partial charge in [0.25, 0.3) is 11.8 Å². The molecule has 2 amide bonds. The van der Waals surface area contributed by atoms with E-state index in [0.29, 0.717) is 36.6 Å². The van der Waals surface area contributed by atoms with Crippen LogP contribution in [0.1, 0.15) is 50.5 Å². The number of aryl methyl sites for hydroxylation is 1. The number of hydrogen-bond donors (Lipinski definition) is 1. The quantitative estimate of drug-likeness (QED) is 0.625. The molecular weight excluding hydrogens is 430 g/mol. The first-order chi connectivity index (χ1) is 16.5. The molecule has 0 radical (unpaired) electrons. The van der Waals surface area contributed by atoms with Crippen molar-refractivity contribution in [3.05, 3.63) is 76.6 Å². The molecule has 0 spiro atoms. The second kappa shape index (κ2) is 9.25. The number of benzene rings is 2. The van der Waals surface area contributed by atoms with Gasteiger partial charge in [0.2, 0.25) is 0 Å². The number of ether oxygens (including phenoxy) is 2. The van der Waals surface area contributed by atoms with Crippen molar-refractivity contribution in [1.82, 2.24) is 14.8 Å². The molecule has 1 N–H and O–H groups in total. The van der Waals surface area contributed by atoms with E-state index >= 15 is 0 Å². The third kappa shape index (κ3) is 4.25. The molecule has 5 rings (SSSR count). The summed E-state index contributed by atoms with van der Waals surface area (Å²) in [6.45, 7) is 6.99. The van der Waals surface area contributed by atoms with E-state index in [2.05, 4.69) is 5.32 Å². The minimum absolute atomic E-state index is 0.0636. The maximum atomic E-state index is 13.1. The lowest BCUT2D eigenvalue weighted by Gasteiger charge is -2.20. The molecule has 2 aliphatic heterocycles. The first kappa shape index (κ1) is 22.1. The number of nitrogens with zero attached hydrogens (tertiary/aromatic N) is 2. The summed E-state index contributed by atoms with van der Waals surface area (Å²) in [7, 11) is 0. The fourth-order valence-corrected chi connectivity index (χ4v) is 4.76. The Morgan fingerprint density at radius 3 is 2.50 bits per heavy atom. The molecule has 0 atom stereocenters. The molecule has 2 aromatic carbocycles. The van der Waals surface area contributed by atoms with E-state index in [1.54, 1.807) is 0 Å². The number of amides is 2. The zero-order chi connectivity index (χ0) is 23.7. The molecule has 0 unspecified atom stereocenters. The molecule has 0 aliphatic carbocycles. The minimum Gasteiger partial charge on any atom is -0.486 e. The Labute approximate surface area is 199 Å². The maximum Gasteiger partial charge on any atom is 0.253 e. The lowest BCUT2D eigenvalue weighted by Crippen LogP contribution is -2.28. The van der Waals surface area contributed by atoms with Crippen molar-refractivity contribution in [3.8, 4) is 17.2 Å². The van der Waals surface area contributed by atoms with Gasteiger partial charge in [-0.05, 0) is 62.6 Å². The summed E-state index contributed by atoms with van der Waals surface area (Å²) in [6, 6.07) is 15.2. The average Bonchev–Trinajstić information content (AvgIpc) is 3.50. The van der Waals surface area contributed by atoms with Gasteiger partial charge < -0.3 is 24.3 Å².